The third kappa shape index (κ3) is 2.53. The van der Waals surface area contributed by atoms with Crippen LogP contribution in [0.15, 0.2) is 34.9 Å². The second kappa shape index (κ2) is 5.48. The molecule has 0 radical (unpaired) electrons. The molecule has 2 heterocycles. The van der Waals surface area contributed by atoms with Gasteiger partial charge in [0.2, 0.25) is 0 Å². The molecule has 1 atom stereocenters. The Morgan fingerprint density at radius 1 is 1.43 bits per heavy atom. The topological polar surface area (TPSA) is 50.2 Å². The predicted octanol–water partition coefficient (Wildman–Crippen LogP) is 2.81. The quantitative estimate of drug-likeness (QED) is 0.923. The molecule has 1 amide bonds. The molecule has 7 heteroatoms. The number of fused-ring (bicyclic) bond motifs is 1. The Morgan fingerprint density at radius 2 is 2.24 bits per heavy atom. The van der Waals surface area contributed by atoms with Gasteiger partial charge in [-0.2, -0.15) is 5.10 Å². The Labute approximate surface area is 129 Å². The molecule has 0 aliphatic carbocycles. The van der Waals surface area contributed by atoms with Gasteiger partial charge in [-0.1, -0.05) is 15.9 Å². The highest BCUT2D eigenvalue weighted by Crippen LogP contribution is 2.32. The molecule has 1 aromatic carbocycles. The van der Waals surface area contributed by atoms with E-state index in [-0.39, 0.29) is 18.6 Å². The van der Waals surface area contributed by atoms with E-state index in [1.807, 2.05) is 12.1 Å². The first-order valence-electron chi connectivity index (χ1n) is 6.52. The van der Waals surface area contributed by atoms with E-state index in [1.165, 1.54) is 4.68 Å². The molecule has 0 saturated heterocycles. The molecule has 0 saturated carbocycles. The van der Waals surface area contributed by atoms with Crippen LogP contribution in [-0.2, 0) is 6.54 Å². The van der Waals surface area contributed by atoms with E-state index < -0.39 is 6.67 Å². The van der Waals surface area contributed by atoms with Crippen molar-refractivity contribution in [1.29, 1.82) is 0 Å². The standard InChI is InChI=1S/C14H14BrFN4O/c1-19-13(12-4-6-20(18-12)7-5-16)17-11-3-2-9(15)8-10(11)14(19)21/h2-4,6,8,13,17H,5,7H2,1H3. The number of aromatic nitrogens is 2. The average molecular weight is 353 g/mol. The van der Waals surface area contributed by atoms with Gasteiger partial charge in [0.05, 0.1) is 12.1 Å². The van der Waals surface area contributed by atoms with Gasteiger partial charge in [-0.3, -0.25) is 9.48 Å². The van der Waals surface area contributed by atoms with Crippen LogP contribution in [0.1, 0.15) is 22.2 Å². The van der Waals surface area contributed by atoms with Gasteiger partial charge in [-0.05, 0) is 24.3 Å². The van der Waals surface area contributed by atoms with Crippen molar-refractivity contribution in [1.82, 2.24) is 14.7 Å². The number of carbonyl (C=O) groups is 1. The average Bonchev–Trinajstić information content (AvgIpc) is 2.92. The van der Waals surface area contributed by atoms with E-state index in [1.54, 1.807) is 30.3 Å². The Bertz CT molecular complexity index is 687. The van der Waals surface area contributed by atoms with Crippen molar-refractivity contribution in [2.75, 3.05) is 19.0 Å². The third-order valence-electron chi connectivity index (χ3n) is 3.47. The number of hydrogen-bond acceptors (Lipinski definition) is 3. The number of amides is 1. The molecule has 2 aromatic rings. The molecule has 0 spiro atoms. The summed E-state index contributed by atoms with van der Waals surface area (Å²) < 4.78 is 14.7. The molecular formula is C14H14BrFN4O. The van der Waals surface area contributed by atoms with Gasteiger partial charge in [0.15, 0.2) is 0 Å². The van der Waals surface area contributed by atoms with Gasteiger partial charge in [-0.15, -0.1) is 0 Å². The highest BCUT2D eigenvalue weighted by Gasteiger charge is 2.31. The molecule has 0 fully saturated rings. The molecule has 1 aromatic heterocycles. The number of halogens is 2. The summed E-state index contributed by atoms with van der Waals surface area (Å²) in [6.07, 6.45) is 1.36. The summed E-state index contributed by atoms with van der Waals surface area (Å²) in [6.45, 7) is -0.251. The fraction of sp³-hybridized carbons (Fsp3) is 0.286. The Kier molecular flexibility index (Phi) is 3.67. The fourth-order valence-electron chi connectivity index (χ4n) is 2.38. The molecule has 1 aliphatic heterocycles. The summed E-state index contributed by atoms with van der Waals surface area (Å²) in [7, 11) is 1.72. The van der Waals surface area contributed by atoms with Crippen LogP contribution >= 0.6 is 15.9 Å². The van der Waals surface area contributed by atoms with Crippen molar-refractivity contribution < 1.29 is 9.18 Å². The van der Waals surface area contributed by atoms with E-state index >= 15 is 0 Å². The third-order valence-corrected chi connectivity index (χ3v) is 3.96. The normalized spacial score (nSPS) is 17.6. The number of rotatable bonds is 3. The van der Waals surface area contributed by atoms with E-state index in [2.05, 4.69) is 26.3 Å². The summed E-state index contributed by atoms with van der Waals surface area (Å²) in [6, 6.07) is 7.32. The zero-order valence-electron chi connectivity index (χ0n) is 11.4. The largest absolute Gasteiger partial charge is 0.359 e. The number of nitrogens with zero attached hydrogens (tertiary/aromatic N) is 3. The Morgan fingerprint density at radius 3 is 3.00 bits per heavy atom. The van der Waals surface area contributed by atoms with Crippen LogP contribution in [0, 0.1) is 0 Å². The lowest BCUT2D eigenvalue weighted by atomic mass is 10.1. The number of benzene rings is 1. The van der Waals surface area contributed by atoms with E-state index in [0.717, 1.165) is 10.2 Å². The molecule has 21 heavy (non-hydrogen) atoms. The SMILES string of the molecule is CN1C(=O)c2cc(Br)ccc2NC1c1ccn(CCF)n1. The van der Waals surface area contributed by atoms with Crippen molar-refractivity contribution in [3.63, 3.8) is 0 Å². The van der Waals surface area contributed by atoms with Crippen LogP contribution in [0.2, 0.25) is 0 Å². The van der Waals surface area contributed by atoms with Crippen LogP contribution in [0.3, 0.4) is 0 Å². The number of alkyl halides is 1. The highest BCUT2D eigenvalue weighted by molar-refractivity contribution is 9.10. The first-order chi connectivity index (χ1) is 10.1. The summed E-state index contributed by atoms with van der Waals surface area (Å²) in [5.74, 6) is -0.0740. The van der Waals surface area contributed by atoms with Crippen molar-refractivity contribution >= 4 is 27.5 Å². The maximum Gasteiger partial charge on any atom is 0.257 e. The molecule has 1 aliphatic rings. The zero-order chi connectivity index (χ0) is 15.0. The smallest absolute Gasteiger partial charge is 0.257 e. The lowest BCUT2D eigenvalue weighted by molar-refractivity contribution is 0.0732. The number of nitrogens with one attached hydrogen (secondary N) is 1. The minimum Gasteiger partial charge on any atom is -0.359 e. The second-order valence-corrected chi connectivity index (χ2v) is 5.76. The first kappa shape index (κ1) is 14.1. The lowest BCUT2D eigenvalue weighted by Crippen LogP contribution is -2.40. The van der Waals surface area contributed by atoms with Crippen molar-refractivity contribution in [2.45, 2.75) is 12.7 Å². The Balaban J connectivity index is 1.94. The number of hydrogen-bond donors (Lipinski definition) is 1. The Hall–Kier alpha value is -1.89. The second-order valence-electron chi connectivity index (χ2n) is 4.85. The lowest BCUT2D eigenvalue weighted by Gasteiger charge is -2.34. The summed E-state index contributed by atoms with van der Waals surface area (Å²) in [4.78, 5) is 14.0. The van der Waals surface area contributed by atoms with Crippen LogP contribution < -0.4 is 5.32 Å². The first-order valence-corrected chi connectivity index (χ1v) is 7.32. The summed E-state index contributed by atoms with van der Waals surface area (Å²) in [5.41, 5.74) is 2.07. The molecule has 1 unspecified atom stereocenters. The number of aryl methyl sites for hydroxylation is 1. The number of anilines is 1. The van der Waals surface area contributed by atoms with Crippen molar-refractivity contribution in [2.24, 2.45) is 0 Å². The van der Waals surface area contributed by atoms with Gasteiger partial charge >= 0.3 is 0 Å². The van der Waals surface area contributed by atoms with E-state index in [0.29, 0.717) is 11.3 Å². The molecular weight excluding hydrogens is 339 g/mol. The molecule has 110 valence electrons. The van der Waals surface area contributed by atoms with E-state index in [9.17, 15) is 9.18 Å². The van der Waals surface area contributed by atoms with Crippen LogP contribution in [0.5, 0.6) is 0 Å². The molecule has 1 N–H and O–H groups in total. The van der Waals surface area contributed by atoms with Crippen LogP contribution in [-0.4, -0.2) is 34.3 Å². The highest BCUT2D eigenvalue weighted by atomic mass is 79.9. The minimum absolute atomic E-state index is 0.0740. The van der Waals surface area contributed by atoms with Gasteiger partial charge in [0.1, 0.15) is 18.5 Å². The molecule has 5 nitrogen and oxygen atoms in total. The van der Waals surface area contributed by atoms with Gasteiger partial charge in [0, 0.05) is 23.4 Å². The maximum absolute atomic E-state index is 12.5. The minimum atomic E-state index is -0.467. The molecule has 3 rings (SSSR count). The molecule has 0 bridgehead atoms. The van der Waals surface area contributed by atoms with Crippen molar-refractivity contribution in [3.8, 4) is 0 Å². The maximum atomic E-state index is 12.5. The van der Waals surface area contributed by atoms with Gasteiger partial charge in [-0.25, -0.2) is 4.39 Å². The van der Waals surface area contributed by atoms with Gasteiger partial charge < -0.3 is 10.2 Å². The van der Waals surface area contributed by atoms with Gasteiger partial charge in [0.25, 0.3) is 5.91 Å². The zero-order valence-corrected chi connectivity index (χ0v) is 13.0. The van der Waals surface area contributed by atoms with E-state index in [4.69, 9.17) is 0 Å². The van der Waals surface area contributed by atoms with Crippen molar-refractivity contribution in [3.05, 3.63) is 46.2 Å². The monoisotopic (exact) mass is 352 g/mol. The van der Waals surface area contributed by atoms with Crippen LogP contribution in [0.4, 0.5) is 10.1 Å². The summed E-state index contributed by atoms with van der Waals surface area (Å²) in [5, 5.41) is 7.60. The fourth-order valence-corrected chi connectivity index (χ4v) is 2.74. The summed E-state index contributed by atoms with van der Waals surface area (Å²) >= 11 is 3.37. The number of carbonyl (C=O) groups excluding carboxylic acids is 1. The predicted molar refractivity (Wildman–Crippen MR) is 80.8 cm³/mol. The van der Waals surface area contributed by atoms with Crippen LogP contribution in [0.25, 0.3) is 0 Å².